The Morgan fingerprint density at radius 2 is 2.12 bits per heavy atom. The molecule has 0 amide bonds. The molecule has 1 aromatic rings. The van der Waals surface area contributed by atoms with Crippen LogP contribution in [0.4, 0.5) is 0 Å². The van der Waals surface area contributed by atoms with E-state index in [-0.39, 0.29) is 23.6 Å². The number of carbonyl (C=O) groups is 3. The second-order valence-corrected chi connectivity index (χ2v) is 8.18. The highest BCUT2D eigenvalue weighted by Crippen LogP contribution is 2.63. The van der Waals surface area contributed by atoms with Gasteiger partial charge in [0.1, 0.15) is 11.9 Å². The van der Waals surface area contributed by atoms with Gasteiger partial charge in [0, 0.05) is 17.9 Å². The first-order valence-corrected chi connectivity index (χ1v) is 9.26. The van der Waals surface area contributed by atoms with Crippen LogP contribution < -0.4 is 0 Å². The minimum absolute atomic E-state index is 0.0782. The van der Waals surface area contributed by atoms with E-state index >= 15 is 0 Å². The number of methoxy groups -OCH3 is 1. The van der Waals surface area contributed by atoms with Crippen LogP contribution in [0.3, 0.4) is 0 Å². The van der Waals surface area contributed by atoms with Gasteiger partial charge in [-0.3, -0.25) is 14.4 Å². The van der Waals surface area contributed by atoms with E-state index in [4.69, 9.17) is 13.9 Å². The predicted molar refractivity (Wildman–Crippen MR) is 89.8 cm³/mol. The molecule has 3 unspecified atom stereocenters. The fourth-order valence-electron chi connectivity index (χ4n) is 5.86. The second kappa shape index (κ2) is 5.96. The van der Waals surface area contributed by atoms with Gasteiger partial charge < -0.3 is 13.9 Å². The summed E-state index contributed by atoms with van der Waals surface area (Å²) in [5, 5.41) is 0. The zero-order chi connectivity index (χ0) is 18.5. The van der Waals surface area contributed by atoms with Gasteiger partial charge in [-0.05, 0) is 43.6 Å². The summed E-state index contributed by atoms with van der Waals surface area (Å²) >= 11 is 0. The molecule has 1 aliphatic heterocycles. The minimum atomic E-state index is -0.812. The number of ether oxygens (including phenoxy) is 2. The monoisotopic (exact) mass is 360 g/mol. The van der Waals surface area contributed by atoms with Gasteiger partial charge in [-0.2, -0.15) is 0 Å². The van der Waals surface area contributed by atoms with Gasteiger partial charge >= 0.3 is 11.9 Å². The summed E-state index contributed by atoms with van der Waals surface area (Å²) in [6.45, 7) is 1.98. The zero-order valence-corrected chi connectivity index (χ0v) is 15.2. The van der Waals surface area contributed by atoms with Gasteiger partial charge in [0.2, 0.25) is 0 Å². The van der Waals surface area contributed by atoms with Gasteiger partial charge in [0.15, 0.2) is 0 Å². The topological polar surface area (TPSA) is 82.8 Å². The molecule has 0 bridgehead atoms. The highest BCUT2D eigenvalue weighted by molar-refractivity contribution is 5.92. The number of ketones is 1. The van der Waals surface area contributed by atoms with Crippen molar-refractivity contribution in [3.63, 3.8) is 0 Å². The summed E-state index contributed by atoms with van der Waals surface area (Å²) < 4.78 is 15.9. The molecule has 4 rings (SSSR count). The summed E-state index contributed by atoms with van der Waals surface area (Å²) in [4.78, 5) is 38.6. The lowest BCUT2D eigenvalue weighted by Crippen LogP contribution is -2.61. The molecule has 2 aliphatic carbocycles. The van der Waals surface area contributed by atoms with E-state index in [2.05, 4.69) is 0 Å². The van der Waals surface area contributed by atoms with E-state index in [9.17, 15) is 14.4 Å². The van der Waals surface area contributed by atoms with Gasteiger partial charge in [-0.15, -0.1) is 0 Å². The Labute approximate surface area is 152 Å². The van der Waals surface area contributed by atoms with Crippen LogP contribution in [0, 0.1) is 22.7 Å². The number of carbonyl (C=O) groups excluding carboxylic acids is 3. The highest BCUT2D eigenvalue weighted by atomic mass is 16.5. The molecule has 26 heavy (non-hydrogen) atoms. The van der Waals surface area contributed by atoms with Crippen LogP contribution in [0.2, 0.25) is 0 Å². The Morgan fingerprint density at radius 1 is 1.31 bits per heavy atom. The van der Waals surface area contributed by atoms with Crippen LogP contribution in [-0.4, -0.2) is 24.8 Å². The first kappa shape index (κ1) is 17.3. The number of fused-ring (bicyclic) bond motifs is 3. The first-order valence-electron chi connectivity index (χ1n) is 9.26. The summed E-state index contributed by atoms with van der Waals surface area (Å²) in [5.41, 5.74) is -0.648. The lowest BCUT2D eigenvalue weighted by Gasteiger charge is -2.58. The van der Waals surface area contributed by atoms with Gasteiger partial charge in [0.25, 0.3) is 0 Å². The molecule has 0 aromatic carbocycles. The van der Waals surface area contributed by atoms with Crippen molar-refractivity contribution in [2.45, 2.75) is 51.6 Å². The average Bonchev–Trinajstić information content (AvgIpc) is 3.14. The van der Waals surface area contributed by atoms with Crippen LogP contribution in [0.25, 0.3) is 0 Å². The van der Waals surface area contributed by atoms with Crippen LogP contribution >= 0.6 is 0 Å². The maximum Gasteiger partial charge on any atom is 0.312 e. The number of Topliss-reactive ketones (excluding diaryl/α,β-unsaturated/α-hetero) is 1. The van der Waals surface area contributed by atoms with Crippen molar-refractivity contribution in [3.8, 4) is 0 Å². The number of hydrogen-bond donors (Lipinski definition) is 0. The Kier molecular flexibility index (Phi) is 3.97. The van der Waals surface area contributed by atoms with Crippen molar-refractivity contribution in [1.82, 2.24) is 0 Å². The summed E-state index contributed by atoms with van der Waals surface area (Å²) in [6.07, 6.45) is 6.02. The van der Waals surface area contributed by atoms with Gasteiger partial charge in [0.05, 0.1) is 31.0 Å². The Hall–Kier alpha value is -2.11. The highest BCUT2D eigenvalue weighted by Gasteiger charge is 2.66. The standard InChI is InChI=1S/C20H24O6/c1-19-10-15(12-6-9-25-11-12)26-17(22)13(19)5-8-20(18(23)24-2)7-3-4-14(21)16(19)20/h6,9,11,13,15-16H,3-5,7-8,10H2,1-2H3/t13?,15?,16?,19-,20-/m0/s1. The van der Waals surface area contributed by atoms with Gasteiger partial charge in [-0.1, -0.05) is 6.92 Å². The number of esters is 2. The summed E-state index contributed by atoms with van der Waals surface area (Å²) in [7, 11) is 1.38. The average molecular weight is 360 g/mol. The molecule has 5 atom stereocenters. The lowest BCUT2D eigenvalue weighted by atomic mass is 9.45. The minimum Gasteiger partial charge on any atom is -0.472 e. The van der Waals surface area contributed by atoms with Crippen molar-refractivity contribution in [2.75, 3.05) is 7.11 Å². The number of furan rings is 1. The van der Waals surface area contributed by atoms with Gasteiger partial charge in [-0.25, -0.2) is 0 Å². The largest absolute Gasteiger partial charge is 0.472 e. The van der Waals surface area contributed by atoms with Crippen molar-refractivity contribution < 1.29 is 28.3 Å². The predicted octanol–water partition coefficient (Wildman–Crippen LogP) is 3.21. The summed E-state index contributed by atoms with van der Waals surface area (Å²) in [5.74, 6) is -1.38. The third-order valence-electron chi connectivity index (χ3n) is 6.93. The number of hydrogen-bond acceptors (Lipinski definition) is 6. The Morgan fingerprint density at radius 3 is 2.81 bits per heavy atom. The number of cyclic esters (lactones) is 1. The molecular weight excluding hydrogens is 336 g/mol. The molecule has 2 heterocycles. The lowest BCUT2D eigenvalue weighted by molar-refractivity contribution is -0.204. The molecule has 3 fully saturated rings. The Bertz CT molecular complexity index is 737. The van der Waals surface area contributed by atoms with E-state index in [0.29, 0.717) is 38.5 Å². The molecule has 6 nitrogen and oxygen atoms in total. The van der Waals surface area contributed by atoms with Crippen LogP contribution in [0.1, 0.15) is 57.1 Å². The molecular formula is C20H24O6. The molecule has 0 spiro atoms. The molecule has 6 heteroatoms. The molecule has 2 saturated carbocycles. The quantitative estimate of drug-likeness (QED) is 0.753. The third kappa shape index (κ3) is 2.27. The molecule has 140 valence electrons. The Balaban J connectivity index is 1.78. The van der Waals surface area contributed by atoms with Crippen LogP contribution in [-0.2, 0) is 23.9 Å². The van der Waals surface area contributed by atoms with E-state index < -0.39 is 22.9 Å². The number of rotatable bonds is 2. The van der Waals surface area contributed by atoms with E-state index in [1.165, 1.54) is 7.11 Å². The van der Waals surface area contributed by atoms with Crippen LogP contribution in [0.15, 0.2) is 23.0 Å². The smallest absolute Gasteiger partial charge is 0.312 e. The van der Waals surface area contributed by atoms with Crippen molar-refractivity contribution in [2.24, 2.45) is 22.7 Å². The molecule has 0 radical (unpaired) electrons. The third-order valence-corrected chi connectivity index (χ3v) is 6.93. The summed E-state index contributed by atoms with van der Waals surface area (Å²) in [6, 6.07) is 1.78. The SMILES string of the molecule is COC(=O)[C@]12CCCC(=O)C1[C@@]1(C)CC(c3ccoc3)OC(=O)C1CC2. The molecule has 1 saturated heterocycles. The molecule has 1 aromatic heterocycles. The fourth-order valence-corrected chi connectivity index (χ4v) is 5.86. The zero-order valence-electron chi connectivity index (χ0n) is 15.2. The maximum absolute atomic E-state index is 13.0. The fraction of sp³-hybridized carbons (Fsp3) is 0.650. The van der Waals surface area contributed by atoms with E-state index in [0.717, 1.165) is 5.56 Å². The van der Waals surface area contributed by atoms with Crippen molar-refractivity contribution in [1.29, 1.82) is 0 Å². The second-order valence-electron chi connectivity index (χ2n) is 8.18. The van der Waals surface area contributed by atoms with Crippen LogP contribution in [0.5, 0.6) is 0 Å². The molecule has 3 aliphatic rings. The maximum atomic E-state index is 13.0. The first-order chi connectivity index (χ1) is 12.4. The van der Waals surface area contributed by atoms with E-state index in [1.807, 2.05) is 6.92 Å². The molecule has 0 N–H and O–H groups in total. The van der Waals surface area contributed by atoms with Crippen molar-refractivity contribution in [3.05, 3.63) is 24.2 Å². The normalized spacial score (nSPS) is 39.5. The van der Waals surface area contributed by atoms with Crippen molar-refractivity contribution >= 4 is 17.7 Å². The van der Waals surface area contributed by atoms with E-state index in [1.54, 1.807) is 18.6 Å².